The van der Waals surface area contributed by atoms with Crippen molar-refractivity contribution in [1.29, 1.82) is 0 Å². The molecule has 1 aliphatic rings. The van der Waals surface area contributed by atoms with Crippen molar-refractivity contribution in [2.24, 2.45) is 0 Å². The van der Waals surface area contributed by atoms with Crippen LogP contribution in [0.1, 0.15) is 17.0 Å². The molecule has 2 heterocycles. The van der Waals surface area contributed by atoms with E-state index in [0.29, 0.717) is 36.1 Å². The Kier molecular flexibility index (Phi) is 6.97. The fourth-order valence-electron chi connectivity index (χ4n) is 3.45. The first-order valence-electron chi connectivity index (χ1n) is 10.0. The molecule has 164 valence electrons. The number of piperazine rings is 1. The van der Waals surface area contributed by atoms with Crippen molar-refractivity contribution in [2.45, 2.75) is 6.42 Å². The van der Waals surface area contributed by atoms with Gasteiger partial charge in [0.1, 0.15) is 17.1 Å². The molecule has 1 amide bonds. The first kappa shape index (κ1) is 21.9. The number of ether oxygens (including phenoxy) is 1. The molecule has 3 aromatic rings. The van der Waals surface area contributed by atoms with E-state index in [1.807, 2.05) is 5.01 Å². The van der Waals surface area contributed by atoms with Crippen molar-refractivity contribution in [2.75, 3.05) is 39.3 Å². The number of nitrogens with zero attached hydrogens (tertiary/aromatic N) is 2. The zero-order chi connectivity index (χ0) is 21.8. The van der Waals surface area contributed by atoms with Crippen LogP contribution in [0.2, 0.25) is 10.0 Å². The first-order chi connectivity index (χ1) is 15.0. The van der Waals surface area contributed by atoms with Crippen molar-refractivity contribution in [3.63, 3.8) is 0 Å². The fraction of sp³-hybridized carbons (Fsp3) is 0.318. The van der Waals surface area contributed by atoms with Crippen LogP contribution in [-0.2, 0) is 0 Å². The molecule has 0 bridgehead atoms. The highest BCUT2D eigenvalue weighted by Gasteiger charge is 2.20. The topological polar surface area (TPSA) is 58.0 Å². The lowest BCUT2D eigenvalue weighted by atomic mass is 10.2. The molecule has 31 heavy (non-hydrogen) atoms. The molecule has 1 fully saturated rings. The molecule has 0 spiro atoms. The minimum absolute atomic E-state index is 0.0852. The van der Waals surface area contributed by atoms with Gasteiger partial charge in [0.25, 0.3) is 0 Å². The number of furan rings is 1. The molecular weight excluding hydrogens is 444 g/mol. The predicted molar refractivity (Wildman–Crippen MR) is 118 cm³/mol. The van der Waals surface area contributed by atoms with E-state index in [2.05, 4.69) is 10.3 Å². The quantitative estimate of drug-likeness (QED) is 0.516. The molecule has 1 saturated heterocycles. The molecule has 0 radical (unpaired) electrons. The molecular formula is C22H22Cl2FN3O3. The summed E-state index contributed by atoms with van der Waals surface area (Å²) in [6.45, 7) is 4.43. The van der Waals surface area contributed by atoms with E-state index in [4.69, 9.17) is 32.4 Å². The highest BCUT2D eigenvalue weighted by Crippen LogP contribution is 2.23. The van der Waals surface area contributed by atoms with Crippen LogP contribution >= 0.6 is 23.2 Å². The Bertz CT molecular complexity index is 1070. The van der Waals surface area contributed by atoms with Crippen LogP contribution < -0.4 is 10.2 Å². The highest BCUT2D eigenvalue weighted by molar-refractivity contribution is 6.31. The molecule has 4 rings (SSSR count). The van der Waals surface area contributed by atoms with Gasteiger partial charge in [0, 0.05) is 49.2 Å². The van der Waals surface area contributed by atoms with Crippen molar-refractivity contribution in [1.82, 2.24) is 15.3 Å². The molecule has 0 unspecified atom stereocenters. The Morgan fingerprint density at radius 1 is 1.10 bits per heavy atom. The SMILES string of the molecule is O=C(NN1CCN(CCCOc2ccc(Cl)c(F)c2)CC1)c1cc2cc(Cl)ccc2o1. The summed E-state index contributed by atoms with van der Waals surface area (Å²) >= 11 is 11.7. The standard InChI is InChI=1S/C22H22Cl2FN3O3/c23-16-2-5-20-15(12-16)13-21(31-20)22(29)26-28-9-7-27(8-10-28)6-1-11-30-17-3-4-18(24)19(25)14-17/h2-5,12-14H,1,6-11H2,(H,26,29). The Labute approximate surface area is 189 Å². The van der Waals surface area contributed by atoms with Crippen molar-refractivity contribution < 1.29 is 18.3 Å². The number of halogens is 3. The number of hydrazine groups is 1. The zero-order valence-corrected chi connectivity index (χ0v) is 18.3. The average molecular weight is 466 g/mol. The van der Waals surface area contributed by atoms with Crippen LogP contribution in [-0.4, -0.2) is 55.1 Å². The van der Waals surface area contributed by atoms with Crippen LogP contribution in [0.3, 0.4) is 0 Å². The maximum atomic E-state index is 13.4. The van der Waals surface area contributed by atoms with Crippen LogP contribution in [0.25, 0.3) is 11.0 Å². The second-order valence-electron chi connectivity index (χ2n) is 7.34. The summed E-state index contributed by atoms with van der Waals surface area (Å²) in [6, 6.07) is 11.4. The lowest BCUT2D eigenvalue weighted by Gasteiger charge is -2.34. The van der Waals surface area contributed by atoms with Gasteiger partial charge in [-0.2, -0.15) is 0 Å². The lowest BCUT2D eigenvalue weighted by molar-refractivity contribution is 0.0589. The minimum Gasteiger partial charge on any atom is -0.493 e. The van der Waals surface area contributed by atoms with E-state index in [1.54, 1.807) is 30.3 Å². The Morgan fingerprint density at radius 3 is 2.68 bits per heavy atom. The van der Waals surface area contributed by atoms with Gasteiger partial charge in [-0.1, -0.05) is 23.2 Å². The summed E-state index contributed by atoms with van der Waals surface area (Å²) in [5.74, 6) is -0.0223. The number of hydrogen-bond donors (Lipinski definition) is 1. The summed E-state index contributed by atoms with van der Waals surface area (Å²) in [7, 11) is 0. The summed E-state index contributed by atoms with van der Waals surface area (Å²) < 4.78 is 24.6. The fourth-order valence-corrected chi connectivity index (χ4v) is 3.75. The van der Waals surface area contributed by atoms with Crippen LogP contribution in [0, 0.1) is 5.82 Å². The lowest BCUT2D eigenvalue weighted by Crippen LogP contribution is -2.53. The third kappa shape index (κ3) is 5.68. The van der Waals surface area contributed by atoms with E-state index in [1.165, 1.54) is 12.1 Å². The molecule has 0 saturated carbocycles. The Hall–Kier alpha value is -2.32. The third-order valence-corrected chi connectivity index (χ3v) is 5.65. The largest absolute Gasteiger partial charge is 0.493 e. The van der Waals surface area contributed by atoms with Crippen molar-refractivity contribution >= 4 is 40.1 Å². The van der Waals surface area contributed by atoms with Gasteiger partial charge in [-0.3, -0.25) is 10.2 Å². The molecule has 1 aliphatic heterocycles. The zero-order valence-electron chi connectivity index (χ0n) is 16.7. The molecule has 6 nitrogen and oxygen atoms in total. The van der Waals surface area contributed by atoms with Gasteiger partial charge < -0.3 is 14.1 Å². The summed E-state index contributed by atoms with van der Waals surface area (Å²) in [5, 5.41) is 3.38. The summed E-state index contributed by atoms with van der Waals surface area (Å²) in [5.41, 5.74) is 3.53. The van der Waals surface area contributed by atoms with Crippen molar-refractivity contribution in [3.05, 3.63) is 64.1 Å². The highest BCUT2D eigenvalue weighted by atomic mass is 35.5. The summed E-state index contributed by atoms with van der Waals surface area (Å²) in [4.78, 5) is 14.8. The monoisotopic (exact) mass is 465 g/mol. The third-order valence-electron chi connectivity index (χ3n) is 5.11. The smallest absolute Gasteiger partial charge is 0.301 e. The number of hydrogen-bond acceptors (Lipinski definition) is 5. The second kappa shape index (κ2) is 9.87. The van der Waals surface area contributed by atoms with E-state index in [-0.39, 0.29) is 16.7 Å². The second-order valence-corrected chi connectivity index (χ2v) is 8.18. The van der Waals surface area contributed by atoms with E-state index >= 15 is 0 Å². The maximum absolute atomic E-state index is 13.4. The van der Waals surface area contributed by atoms with Crippen LogP contribution in [0.5, 0.6) is 5.75 Å². The Balaban J connectivity index is 1.18. The van der Waals surface area contributed by atoms with E-state index in [0.717, 1.165) is 31.4 Å². The number of rotatable bonds is 7. The van der Waals surface area contributed by atoms with Gasteiger partial charge in [0.05, 0.1) is 11.6 Å². The van der Waals surface area contributed by atoms with Gasteiger partial charge >= 0.3 is 5.91 Å². The van der Waals surface area contributed by atoms with Gasteiger partial charge in [0.15, 0.2) is 5.76 Å². The number of carbonyl (C=O) groups excluding carboxylic acids is 1. The normalized spacial score (nSPS) is 15.3. The molecule has 2 aromatic carbocycles. The van der Waals surface area contributed by atoms with Crippen LogP contribution in [0.15, 0.2) is 46.9 Å². The number of nitrogens with one attached hydrogen (secondary N) is 1. The molecule has 0 aliphatic carbocycles. The predicted octanol–water partition coefficient (Wildman–Crippen LogP) is 4.61. The molecule has 0 atom stereocenters. The number of amides is 1. The van der Waals surface area contributed by atoms with Gasteiger partial charge in [-0.15, -0.1) is 0 Å². The molecule has 9 heteroatoms. The summed E-state index contributed by atoms with van der Waals surface area (Å²) in [6.07, 6.45) is 0.818. The Morgan fingerprint density at radius 2 is 1.90 bits per heavy atom. The van der Waals surface area contributed by atoms with Crippen LogP contribution in [0.4, 0.5) is 4.39 Å². The molecule has 1 N–H and O–H groups in total. The first-order valence-corrected chi connectivity index (χ1v) is 10.8. The van der Waals surface area contributed by atoms with E-state index < -0.39 is 5.82 Å². The number of carbonyl (C=O) groups is 1. The van der Waals surface area contributed by atoms with Crippen molar-refractivity contribution in [3.8, 4) is 5.75 Å². The maximum Gasteiger partial charge on any atom is 0.301 e. The van der Waals surface area contributed by atoms with Gasteiger partial charge in [0.2, 0.25) is 0 Å². The van der Waals surface area contributed by atoms with Gasteiger partial charge in [-0.25, -0.2) is 9.40 Å². The van der Waals surface area contributed by atoms with Gasteiger partial charge in [-0.05, 0) is 42.8 Å². The minimum atomic E-state index is -0.483. The number of fused-ring (bicyclic) bond motifs is 1. The van der Waals surface area contributed by atoms with E-state index in [9.17, 15) is 9.18 Å². The average Bonchev–Trinajstić information content (AvgIpc) is 3.18. The number of benzene rings is 2. The molecule has 1 aromatic heterocycles.